The summed E-state index contributed by atoms with van der Waals surface area (Å²) in [4.78, 5) is 32.6. The fourth-order valence-corrected chi connectivity index (χ4v) is 2.69. The molecule has 0 aliphatic carbocycles. The van der Waals surface area contributed by atoms with Crippen molar-refractivity contribution in [2.24, 2.45) is 0 Å². The molecule has 3 aromatic rings. The topological polar surface area (TPSA) is 120 Å². The highest BCUT2D eigenvalue weighted by atomic mass is 16.6. The van der Waals surface area contributed by atoms with Gasteiger partial charge in [-0.05, 0) is 42.5 Å². The second kappa shape index (κ2) is 10.6. The Kier molecular flexibility index (Phi) is 7.44. The second-order valence-corrected chi connectivity index (χ2v) is 6.29. The summed E-state index contributed by atoms with van der Waals surface area (Å²) in [6.45, 7) is 0. The summed E-state index contributed by atoms with van der Waals surface area (Å²) < 4.78 is 16.1. The lowest BCUT2D eigenvalue weighted by Gasteiger charge is -2.12. The number of ether oxygens (including phenoxy) is 3. The Morgan fingerprint density at radius 1 is 0.781 bits per heavy atom. The molecular weight excluding hydrogens is 416 g/mol. The zero-order valence-corrected chi connectivity index (χ0v) is 17.7. The van der Waals surface area contributed by atoms with Gasteiger partial charge in [-0.15, -0.1) is 0 Å². The number of nitrogens with one attached hydrogen (secondary N) is 3. The van der Waals surface area contributed by atoms with Gasteiger partial charge in [0, 0.05) is 29.7 Å². The monoisotopic (exact) mass is 438 g/mol. The average Bonchev–Trinajstić information content (AvgIpc) is 2.80. The smallest absolute Gasteiger partial charge is 0.323 e. The quantitative estimate of drug-likeness (QED) is 0.457. The van der Waals surface area contributed by atoms with Gasteiger partial charge in [0.1, 0.15) is 17.2 Å². The lowest BCUT2D eigenvalue weighted by molar-refractivity contribution is 0.0532. The molecule has 3 rings (SSSR count). The maximum atomic E-state index is 12.3. The van der Waals surface area contributed by atoms with Crippen LogP contribution in [0, 0.1) is 0 Å². The highest BCUT2D eigenvalue weighted by molar-refractivity contribution is 6.00. The van der Waals surface area contributed by atoms with E-state index in [2.05, 4.69) is 25.9 Å². The molecule has 3 N–H and O–H groups in total. The van der Waals surface area contributed by atoms with E-state index in [0.29, 0.717) is 34.4 Å². The van der Waals surface area contributed by atoms with Crippen molar-refractivity contribution in [3.05, 3.63) is 66.5 Å². The van der Waals surface area contributed by atoms with Crippen molar-refractivity contribution in [3.8, 4) is 23.0 Å². The van der Waals surface area contributed by atoms with E-state index >= 15 is 0 Å². The second-order valence-electron chi connectivity index (χ2n) is 6.29. The van der Waals surface area contributed by atoms with Crippen molar-refractivity contribution in [2.45, 2.75) is 0 Å². The predicted molar refractivity (Wildman–Crippen MR) is 117 cm³/mol. The highest BCUT2D eigenvalue weighted by Crippen LogP contribution is 2.30. The minimum atomic E-state index is -0.488. The molecule has 0 unspecified atom stereocenters. The zero-order valence-electron chi connectivity index (χ0n) is 17.7. The molecule has 0 bridgehead atoms. The molecule has 0 aliphatic rings. The van der Waals surface area contributed by atoms with E-state index in [1.807, 2.05) is 0 Å². The molecule has 10 heteroatoms. The van der Waals surface area contributed by atoms with Crippen LogP contribution >= 0.6 is 0 Å². The molecule has 166 valence electrons. The summed E-state index contributed by atoms with van der Waals surface area (Å²) >= 11 is 0. The number of amides is 3. The van der Waals surface area contributed by atoms with Crippen LogP contribution in [-0.2, 0) is 4.84 Å². The largest absolute Gasteiger partial charge is 0.493 e. The maximum absolute atomic E-state index is 12.3. The first-order chi connectivity index (χ1) is 15.5. The molecule has 0 atom stereocenters. The molecule has 0 saturated carbocycles. The number of benzene rings is 2. The van der Waals surface area contributed by atoms with Crippen LogP contribution in [0.5, 0.6) is 23.0 Å². The van der Waals surface area contributed by atoms with Crippen LogP contribution in [0.4, 0.5) is 16.2 Å². The number of methoxy groups -OCH3 is 2. The number of hydrogen-bond acceptors (Lipinski definition) is 7. The van der Waals surface area contributed by atoms with Crippen molar-refractivity contribution in [1.29, 1.82) is 0 Å². The number of carbonyl (C=O) groups is 2. The van der Waals surface area contributed by atoms with Crippen LogP contribution in [0.3, 0.4) is 0 Å². The third-order valence-corrected chi connectivity index (χ3v) is 4.15. The van der Waals surface area contributed by atoms with E-state index < -0.39 is 11.9 Å². The summed E-state index contributed by atoms with van der Waals surface area (Å²) in [5, 5.41) is 5.46. The van der Waals surface area contributed by atoms with Gasteiger partial charge in [-0.3, -0.25) is 14.6 Å². The van der Waals surface area contributed by atoms with Crippen molar-refractivity contribution < 1.29 is 28.6 Å². The first kappa shape index (κ1) is 22.4. The van der Waals surface area contributed by atoms with Gasteiger partial charge in [0.2, 0.25) is 0 Å². The van der Waals surface area contributed by atoms with E-state index in [4.69, 9.17) is 14.2 Å². The summed E-state index contributed by atoms with van der Waals surface area (Å²) in [5.41, 5.74) is 3.45. The molecule has 32 heavy (non-hydrogen) atoms. The third kappa shape index (κ3) is 5.86. The number of urea groups is 1. The van der Waals surface area contributed by atoms with Gasteiger partial charge in [-0.25, -0.2) is 10.3 Å². The van der Waals surface area contributed by atoms with Gasteiger partial charge in [0.05, 0.1) is 21.3 Å². The normalized spacial score (nSPS) is 10.1. The van der Waals surface area contributed by atoms with Crippen LogP contribution in [-0.4, -0.2) is 38.3 Å². The van der Waals surface area contributed by atoms with Gasteiger partial charge in [0.15, 0.2) is 11.5 Å². The molecule has 0 fully saturated rings. The molecule has 1 aromatic heterocycles. The summed E-state index contributed by atoms with van der Waals surface area (Å²) in [6, 6.07) is 14.5. The number of carbonyl (C=O) groups excluding carboxylic acids is 2. The van der Waals surface area contributed by atoms with Gasteiger partial charge >= 0.3 is 6.03 Å². The highest BCUT2D eigenvalue weighted by Gasteiger charge is 2.10. The first-order valence-corrected chi connectivity index (χ1v) is 9.39. The van der Waals surface area contributed by atoms with E-state index in [-0.39, 0.29) is 5.69 Å². The number of rotatable bonds is 8. The van der Waals surface area contributed by atoms with E-state index in [1.165, 1.54) is 33.6 Å². The first-order valence-electron chi connectivity index (χ1n) is 9.39. The SMILES string of the molecule is CONC(=O)c1cc(Oc2ccc(NC(=O)Nc3ccc(OC)c(OC)c3)cc2)ccn1. The fourth-order valence-electron chi connectivity index (χ4n) is 2.69. The Hall–Kier alpha value is -4.31. The number of pyridine rings is 1. The fraction of sp³-hybridized carbons (Fsp3) is 0.136. The van der Waals surface area contributed by atoms with Gasteiger partial charge in [0.25, 0.3) is 5.91 Å². The predicted octanol–water partition coefficient (Wildman–Crippen LogP) is 3.83. The van der Waals surface area contributed by atoms with Crippen LogP contribution < -0.4 is 30.3 Å². The Bertz CT molecular complexity index is 1090. The molecule has 2 aromatic carbocycles. The number of hydroxylamine groups is 1. The lowest BCUT2D eigenvalue weighted by atomic mass is 10.2. The van der Waals surface area contributed by atoms with Crippen LogP contribution in [0.1, 0.15) is 10.5 Å². The Labute approximate surface area is 184 Å². The third-order valence-electron chi connectivity index (χ3n) is 4.15. The van der Waals surface area contributed by atoms with E-state index in [1.54, 1.807) is 48.5 Å². The van der Waals surface area contributed by atoms with Gasteiger partial charge in [-0.2, -0.15) is 0 Å². The van der Waals surface area contributed by atoms with Gasteiger partial charge in [-0.1, -0.05) is 0 Å². The molecule has 1 heterocycles. The standard InChI is InChI=1S/C22H22N4O6/c1-29-19-9-6-15(12-20(19)30-2)25-22(28)24-14-4-7-16(8-5-14)32-17-10-11-23-18(13-17)21(27)26-31-3/h4-13H,1-3H3,(H,26,27)(H2,24,25,28). The van der Waals surface area contributed by atoms with Crippen LogP contribution in [0.15, 0.2) is 60.8 Å². The van der Waals surface area contributed by atoms with Crippen molar-refractivity contribution >= 4 is 23.3 Å². The van der Waals surface area contributed by atoms with Crippen LogP contribution in [0.25, 0.3) is 0 Å². The molecule has 0 saturated heterocycles. The van der Waals surface area contributed by atoms with E-state index in [0.717, 1.165) is 0 Å². The Morgan fingerprint density at radius 3 is 2.16 bits per heavy atom. The average molecular weight is 438 g/mol. The Morgan fingerprint density at radius 2 is 1.47 bits per heavy atom. The lowest BCUT2D eigenvalue weighted by Crippen LogP contribution is -2.22. The minimum absolute atomic E-state index is 0.148. The molecule has 10 nitrogen and oxygen atoms in total. The summed E-state index contributed by atoms with van der Waals surface area (Å²) in [5.74, 6) is 1.52. The maximum Gasteiger partial charge on any atom is 0.323 e. The Balaban J connectivity index is 1.59. The van der Waals surface area contributed by atoms with E-state index in [9.17, 15) is 9.59 Å². The van der Waals surface area contributed by atoms with Crippen molar-refractivity contribution in [3.63, 3.8) is 0 Å². The summed E-state index contributed by atoms with van der Waals surface area (Å²) in [7, 11) is 4.39. The number of nitrogens with zero attached hydrogens (tertiary/aromatic N) is 1. The molecule has 3 amide bonds. The molecular formula is C22H22N4O6. The zero-order chi connectivity index (χ0) is 22.9. The minimum Gasteiger partial charge on any atom is -0.493 e. The van der Waals surface area contributed by atoms with Gasteiger partial charge < -0.3 is 24.8 Å². The molecule has 0 aliphatic heterocycles. The van der Waals surface area contributed by atoms with Crippen LogP contribution in [0.2, 0.25) is 0 Å². The van der Waals surface area contributed by atoms with Crippen molar-refractivity contribution in [2.75, 3.05) is 32.0 Å². The molecule has 0 radical (unpaired) electrons. The molecule has 0 spiro atoms. The number of hydrogen-bond donors (Lipinski definition) is 3. The summed E-state index contributed by atoms with van der Waals surface area (Å²) in [6.07, 6.45) is 1.45. The number of aromatic nitrogens is 1. The van der Waals surface area contributed by atoms with Crippen molar-refractivity contribution in [1.82, 2.24) is 10.5 Å². The number of anilines is 2.